The lowest BCUT2D eigenvalue weighted by molar-refractivity contribution is 0.0708. The molecule has 0 aromatic heterocycles. The van der Waals surface area contributed by atoms with E-state index in [1.165, 1.54) is 0 Å². The van der Waals surface area contributed by atoms with Crippen molar-refractivity contribution in [3.05, 3.63) is 0 Å². The fourth-order valence-electron chi connectivity index (χ4n) is 0.806. The summed E-state index contributed by atoms with van der Waals surface area (Å²) in [4.78, 5) is 3.35. The second-order valence-corrected chi connectivity index (χ2v) is 4.55. The molecule has 17 heavy (non-hydrogen) atoms. The Kier molecular flexibility index (Phi) is 6.85. The molecule has 6 heteroatoms. The van der Waals surface area contributed by atoms with Gasteiger partial charge in [-0.3, -0.25) is 0 Å². The summed E-state index contributed by atoms with van der Waals surface area (Å²) in [6.45, 7) is 1.79. The molecule has 0 unspecified atom stereocenters. The third kappa shape index (κ3) is 5.71. The van der Waals surface area contributed by atoms with Gasteiger partial charge in [-0.2, -0.15) is 0 Å². The van der Waals surface area contributed by atoms with Crippen molar-refractivity contribution in [3.8, 4) is 12.3 Å². The predicted molar refractivity (Wildman–Crippen MR) is 76.8 cm³/mol. The van der Waals surface area contributed by atoms with E-state index in [1.54, 1.807) is 44.9 Å². The average Bonchev–Trinajstić information content (AvgIpc) is 2.24. The van der Waals surface area contributed by atoms with Crippen molar-refractivity contribution in [2.24, 2.45) is 0 Å². The summed E-state index contributed by atoms with van der Waals surface area (Å²) in [5.74, 6) is 2.49. The summed E-state index contributed by atoms with van der Waals surface area (Å²) in [6, 6.07) is 0. The van der Waals surface area contributed by atoms with Gasteiger partial charge in [0.2, 0.25) is 0 Å². The van der Waals surface area contributed by atoms with Crippen LogP contribution >= 0.6 is 24.4 Å². The first-order chi connectivity index (χ1) is 7.79. The molecule has 0 aromatic rings. The van der Waals surface area contributed by atoms with E-state index in [4.69, 9.17) is 40.3 Å². The van der Waals surface area contributed by atoms with Crippen molar-refractivity contribution in [1.29, 1.82) is 0 Å². The Hall–Kier alpha value is -1.06. The van der Waals surface area contributed by atoms with E-state index < -0.39 is 6.10 Å². The number of nitrogens with zero attached hydrogens (tertiary/aromatic N) is 2. The summed E-state index contributed by atoms with van der Waals surface area (Å²) in [5, 5.41) is 0.677. The van der Waals surface area contributed by atoms with Crippen LogP contribution in [0.15, 0.2) is 0 Å². The van der Waals surface area contributed by atoms with Gasteiger partial charge in [-0.25, -0.2) is 0 Å². The SMILES string of the molecule is C#C[C@@H](OC(=S)N(C)C)[C@H](C)OC(=S)N(C)C. The predicted octanol–water partition coefficient (Wildman–Crippen LogP) is 1.10. The molecule has 0 aromatic carbocycles. The summed E-state index contributed by atoms with van der Waals surface area (Å²) >= 11 is 10.0. The lowest BCUT2D eigenvalue weighted by Gasteiger charge is -2.25. The minimum Gasteiger partial charge on any atom is -0.463 e. The zero-order valence-electron chi connectivity index (χ0n) is 10.8. The molecule has 0 spiro atoms. The third-order valence-corrected chi connectivity index (χ3v) is 2.76. The average molecular weight is 274 g/mol. The zero-order valence-corrected chi connectivity index (χ0v) is 12.4. The molecule has 0 heterocycles. The Morgan fingerprint density at radius 2 is 1.47 bits per heavy atom. The van der Waals surface area contributed by atoms with Crippen LogP contribution in [-0.2, 0) is 9.47 Å². The molecule has 0 bridgehead atoms. The number of rotatable bonds is 3. The molecular weight excluding hydrogens is 256 g/mol. The highest BCUT2D eigenvalue weighted by atomic mass is 32.1. The van der Waals surface area contributed by atoms with Gasteiger partial charge in [0.15, 0.2) is 6.10 Å². The molecule has 0 aliphatic heterocycles. The number of hydrogen-bond acceptors (Lipinski definition) is 4. The van der Waals surface area contributed by atoms with Crippen LogP contribution in [0.3, 0.4) is 0 Å². The van der Waals surface area contributed by atoms with E-state index in [0.717, 1.165) is 0 Å². The summed E-state index contributed by atoms with van der Waals surface area (Å²) in [6.07, 6.45) is 4.45. The summed E-state index contributed by atoms with van der Waals surface area (Å²) in [5.41, 5.74) is 0. The van der Waals surface area contributed by atoms with Gasteiger partial charge in [0.05, 0.1) is 0 Å². The molecule has 0 fully saturated rings. The maximum absolute atomic E-state index is 5.46. The third-order valence-electron chi connectivity index (χ3n) is 1.84. The van der Waals surface area contributed by atoms with E-state index in [2.05, 4.69) is 5.92 Å². The number of thiocarbonyl (C=S) groups is 2. The van der Waals surface area contributed by atoms with Crippen LogP contribution in [0.5, 0.6) is 0 Å². The van der Waals surface area contributed by atoms with Crippen molar-refractivity contribution < 1.29 is 9.47 Å². The van der Waals surface area contributed by atoms with Crippen LogP contribution in [0, 0.1) is 12.3 Å². The summed E-state index contributed by atoms with van der Waals surface area (Å²) < 4.78 is 10.9. The first-order valence-electron chi connectivity index (χ1n) is 5.01. The van der Waals surface area contributed by atoms with Crippen molar-refractivity contribution >= 4 is 34.8 Å². The van der Waals surface area contributed by atoms with Crippen LogP contribution in [0.25, 0.3) is 0 Å². The fraction of sp³-hybridized carbons (Fsp3) is 0.636. The van der Waals surface area contributed by atoms with Gasteiger partial charge in [0.25, 0.3) is 10.3 Å². The second kappa shape index (κ2) is 7.30. The molecule has 4 nitrogen and oxygen atoms in total. The van der Waals surface area contributed by atoms with Crippen molar-refractivity contribution in [1.82, 2.24) is 9.80 Å². The largest absolute Gasteiger partial charge is 0.463 e. The van der Waals surface area contributed by atoms with Crippen molar-refractivity contribution in [2.45, 2.75) is 19.1 Å². The lowest BCUT2D eigenvalue weighted by atomic mass is 10.2. The number of hydrogen-bond donors (Lipinski definition) is 0. The molecule has 0 saturated carbocycles. The van der Waals surface area contributed by atoms with E-state index in [1.807, 2.05) is 0 Å². The quantitative estimate of drug-likeness (QED) is 0.565. The topological polar surface area (TPSA) is 24.9 Å². The number of ether oxygens (including phenoxy) is 2. The van der Waals surface area contributed by atoms with Crippen LogP contribution in [-0.4, -0.2) is 60.5 Å². The minimum atomic E-state index is -0.567. The monoisotopic (exact) mass is 274 g/mol. The van der Waals surface area contributed by atoms with E-state index in [9.17, 15) is 0 Å². The van der Waals surface area contributed by atoms with Crippen LogP contribution in [0.1, 0.15) is 6.92 Å². The van der Waals surface area contributed by atoms with Gasteiger partial charge in [-0.05, 0) is 31.4 Å². The highest BCUT2D eigenvalue weighted by molar-refractivity contribution is 7.80. The normalized spacial score (nSPS) is 12.9. The van der Waals surface area contributed by atoms with Crippen LogP contribution < -0.4 is 0 Å². The van der Waals surface area contributed by atoms with Gasteiger partial charge in [0.1, 0.15) is 6.10 Å². The van der Waals surface area contributed by atoms with Crippen LogP contribution in [0.2, 0.25) is 0 Å². The van der Waals surface area contributed by atoms with Gasteiger partial charge in [0, 0.05) is 28.2 Å². The molecular formula is C11H18N2O2S2. The Labute approximate surface area is 114 Å². The molecule has 0 saturated heterocycles. The van der Waals surface area contributed by atoms with Gasteiger partial charge >= 0.3 is 0 Å². The van der Waals surface area contributed by atoms with E-state index in [0.29, 0.717) is 10.3 Å². The maximum Gasteiger partial charge on any atom is 0.260 e. The highest BCUT2D eigenvalue weighted by Gasteiger charge is 2.21. The molecule has 2 atom stereocenters. The Bertz CT molecular complexity index is 324. The van der Waals surface area contributed by atoms with E-state index in [-0.39, 0.29) is 6.10 Å². The molecule has 0 amide bonds. The minimum absolute atomic E-state index is 0.319. The standard InChI is InChI=1S/C11H18N2O2S2/c1-7-9(15-11(17)13(5)6)8(2)14-10(16)12(3)4/h1,8-9H,2-6H3/t8-,9+/m0/s1. The first-order valence-corrected chi connectivity index (χ1v) is 5.83. The maximum atomic E-state index is 5.46. The smallest absolute Gasteiger partial charge is 0.260 e. The van der Waals surface area contributed by atoms with Gasteiger partial charge in [-0.15, -0.1) is 6.42 Å². The van der Waals surface area contributed by atoms with E-state index >= 15 is 0 Å². The lowest BCUT2D eigenvalue weighted by Crippen LogP contribution is -2.37. The molecule has 0 radical (unpaired) electrons. The second-order valence-electron chi connectivity index (χ2n) is 3.85. The van der Waals surface area contributed by atoms with Crippen molar-refractivity contribution in [2.75, 3.05) is 28.2 Å². The molecule has 0 aliphatic rings. The molecule has 0 aliphatic carbocycles. The zero-order chi connectivity index (χ0) is 13.6. The summed E-state index contributed by atoms with van der Waals surface area (Å²) in [7, 11) is 7.16. The highest BCUT2D eigenvalue weighted by Crippen LogP contribution is 2.07. The van der Waals surface area contributed by atoms with Gasteiger partial charge in [-0.1, -0.05) is 5.92 Å². The van der Waals surface area contributed by atoms with Gasteiger partial charge < -0.3 is 19.3 Å². The Morgan fingerprint density at radius 3 is 1.82 bits per heavy atom. The fourth-order valence-corrected chi connectivity index (χ4v) is 1.06. The van der Waals surface area contributed by atoms with Crippen molar-refractivity contribution in [3.63, 3.8) is 0 Å². The Morgan fingerprint density at radius 1 is 1.06 bits per heavy atom. The first kappa shape index (κ1) is 15.9. The molecule has 0 N–H and O–H groups in total. The van der Waals surface area contributed by atoms with Crippen LogP contribution in [0.4, 0.5) is 0 Å². The molecule has 96 valence electrons. The Balaban J connectivity index is 4.42. The molecule has 0 rings (SSSR count). The number of terminal acetylenes is 1.